The molecule has 0 saturated heterocycles. The topological polar surface area (TPSA) is 115 Å². The minimum absolute atomic E-state index is 0.0381. The molecule has 1 aromatic carbocycles. The summed E-state index contributed by atoms with van der Waals surface area (Å²) in [6, 6.07) is 11.6. The fourth-order valence-corrected chi connectivity index (χ4v) is 4.33. The van der Waals surface area contributed by atoms with Crippen molar-refractivity contribution >= 4 is 34.3 Å². The number of fused-ring (bicyclic) bond motifs is 1. The van der Waals surface area contributed by atoms with E-state index in [0.29, 0.717) is 48.4 Å². The second-order valence-corrected chi connectivity index (χ2v) is 9.55. The molecule has 0 radical (unpaired) electrons. The SMILES string of the molecule is COCCn1c(C(=O)OC)c(NC(=O)CCc2ccccc2)c2cc(N[C@@H](C)CC(C)(C)O)cnc21. The molecule has 0 unspecified atom stereocenters. The molecule has 1 atom stereocenters. The quantitative estimate of drug-likeness (QED) is 0.325. The van der Waals surface area contributed by atoms with Gasteiger partial charge in [-0.15, -0.1) is 0 Å². The molecule has 0 aliphatic heterocycles. The Labute approximate surface area is 211 Å². The summed E-state index contributed by atoms with van der Waals surface area (Å²) >= 11 is 0. The largest absolute Gasteiger partial charge is 0.464 e. The molecule has 3 N–H and O–H groups in total. The molecule has 36 heavy (non-hydrogen) atoms. The number of aromatic nitrogens is 2. The number of anilines is 2. The van der Waals surface area contributed by atoms with E-state index in [0.717, 1.165) is 5.56 Å². The Balaban J connectivity index is 1.99. The summed E-state index contributed by atoms with van der Waals surface area (Å²) in [7, 11) is 2.88. The van der Waals surface area contributed by atoms with Gasteiger partial charge < -0.3 is 29.8 Å². The lowest BCUT2D eigenvalue weighted by Crippen LogP contribution is -2.29. The van der Waals surface area contributed by atoms with Gasteiger partial charge in [0.1, 0.15) is 5.65 Å². The van der Waals surface area contributed by atoms with Gasteiger partial charge >= 0.3 is 5.97 Å². The number of aliphatic hydroxyl groups is 1. The van der Waals surface area contributed by atoms with Gasteiger partial charge in [-0.2, -0.15) is 0 Å². The standard InChI is InChI=1S/C27H36N4O5/c1-18(16-27(2,3)34)29-20-15-21-23(30-22(32)12-11-19-9-7-6-8-10-19)24(26(33)36-5)31(13-14-35-4)25(21)28-17-20/h6-10,15,17-18,29,34H,11-14,16H2,1-5H3,(H,30,32)/t18-/m0/s1. The number of carbonyl (C=O) groups excluding carboxylic acids is 2. The van der Waals surface area contributed by atoms with E-state index in [1.165, 1.54) is 7.11 Å². The van der Waals surface area contributed by atoms with E-state index in [4.69, 9.17) is 9.47 Å². The van der Waals surface area contributed by atoms with Crippen molar-refractivity contribution in [3.63, 3.8) is 0 Å². The first-order valence-electron chi connectivity index (χ1n) is 12.0. The first-order valence-corrected chi connectivity index (χ1v) is 12.0. The molecule has 194 valence electrons. The average molecular weight is 497 g/mol. The van der Waals surface area contributed by atoms with Gasteiger partial charge in [0.2, 0.25) is 5.91 Å². The van der Waals surface area contributed by atoms with E-state index >= 15 is 0 Å². The number of hydrogen-bond acceptors (Lipinski definition) is 7. The van der Waals surface area contributed by atoms with Gasteiger partial charge in [0.15, 0.2) is 5.69 Å². The molecule has 0 bridgehead atoms. The summed E-state index contributed by atoms with van der Waals surface area (Å²) in [5.74, 6) is -0.795. The first kappa shape index (κ1) is 27.2. The highest BCUT2D eigenvalue weighted by Crippen LogP contribution is 2.33. The van der Waals surface area contributed by atoms with Crippen LogP contribution in [0.4, 0.5) is 11.4 Å². The number of rotatable bonds is 12. The summed E-state index contributed by atoms with van der Waals surface area (Å²) in [4.78, 5) is 30.4. The van der Waals surface area contributed by atoms with Gasteiger partial charge in [-0.05, 0) is 45.2 Å². The number of methoxy groups -OCH3 is 2. The van der Waals surface area contributed by atoms with Gasteiger partial charge in [0, 0.05) is 31.5 Å². The lowest BCUT2D eigenvalue weighted by Gasteiger charge is -2.23. The number of benzene rings is 1. The van der Waals surface area contributed by atoms with Gasteiger partial charge in [0.05, 0.1) is 36.9 Å². The zero-order valence-electron chi connectivity index (χ0n) is 21.6. The van der Waals surface area contributed by atoms with E-state index in [1.807, 2.05) is 43.3 Å². The molecule has 0 saturated carbocycles. The molecule has 9 nitrogen and oxygen atoms in total. The highest BCUT2D eigenvalue weighted by atomic mass is 16.5. The highest BCUT2D eigenvalue weighted by Gasteiger charge is 2.26. The third kappa shape index (κ3) is 7.05. The summed E-state index contributed by atoms with van der Waals surface area (Å²) in [5.41, 5.74) is 2.04. The highest BCUT2D eigenvalue weighted by molar-refractivity contribution is 6.11. The van der Waals surface area contributed by atoms with Gasteiger partial charge in [-0.3, -0.25) is 4.79 Å². The van der Waals surface area contributed by atoms with Gasteiger partial charge in [0.25, 0.3) is 0 Å². The predicted octanol–water partition coefficient (Wildman–Crippen LogP) is 4.00. The maximum Gasteiger partial charge on any atom is 0.356 e. The smallest absolute Gasteiger partial charge is 0.356 e. The molecule has 0 fully saturated rings. The fraction of sp³-hybridized carbons (Fsp3) is 0.444. The Bertz CT molecular complexity index is 1180. The van der Waals surface area contributed by atoms with Crippen LogP contribution in [-0.4, -0.2) is 59.0 Å². The number of aryl methyl sites for hydroxylation is 1. The summed E-state index contributed by atoms with van der Waals surface area (Å²) in [6.45, 7) is 6.19. The summed E-state index contributed by atoms with van der Waals surface area (Å²) < 4.78 is 12.0. The third-order valence-electron chi connectivity index (χ3n) is 5.76. The van der Waals surface area contributed by atoms with Gasteiger partial charge in [-0.25, -0.2) is 9.78 Å². The van der Waals surface area contributed by atoms with Crippen LogP contribution in [0.25, 0.3) is 11.0 Å². The molecule has 1 amide bonds. The molecule has 2 aromatic heterocycles. The molecule has 9 heteroatoms. The van der Waals surface area contributed by atoms with Crippen LogP contribution in [0.5, 0.6) is 0 Å². The van der Waals surface area contributed by atoms with Crippen molar-refractivity contribution in [2.75, 3.05) is 31.5 Å². The fourth-order valence-electron chi connectivity index (χ4n) is 4.33. The monoisotopic (exact) mass is 496 g/mol. The van der Waals surface area contributed by atoms with E-state index in [2.05, 4.69) is 15.6 Å². The normalized spacial score (nSPS) is 12.4. The molecular formula is C27H36N4O5. The number of pyridine rings is 1. The van der Waals surface area contributed by atoms with Crippen molar-refractivity contribution in [2.45, 2.75) is 58.2 Å². The van der Waals surface area contributed by atoms with E-state index in [-0.39, 0.29) is 24.1 Å². The number of hydrogen-bond donors (Lipinski definition) is 3. The van der Waals surface area contributed by atoms with Crippen LogP contribution in [0.15, 0.2) is 42.6 Å². The minimum atomic E-state index is -0.830. The molecule has 0 spiro atoms. The lowest BCUT2D eigenvalue weighted by atomic mass is 10.0. The molecule has 2 heterocycles. The summed E-state index contributed by atoms with van der Waals surface area (Å²) in [6.07, 6.45) is 3.02. The van der Waals surface area contributed by atoms with Gasteiger partial charge in [-0.1, -0.05) is 30.3 Å². The van der Waals surface area contributed by atoms with Crippen LogP contribution in [0.1, 0.15) is 49.7 Å². The summed E-state index contributed by atoms with van der Waals surface area (Å²) in [5, 5.41) is 17.1. The van der Waals surface area contributed by atoms with Crippen LogP contribution in [0, 0.1) is 0 Å². The van der Waals surface area contributed by atoms with Crippen molar-refractivity contribution in [3.05, 3.63) is 53.9 Å². The van der Waals surface area contributed by atoms with Crippen LogP contribution >= 0.6 is 0 Å². The lowest BCUT2D eigenvalue weighted by molar-refractivity contribution is -0.116. The van der Waals surface area contributed by atoms with Crippen molar-refractivity contribution in [2.24, 2.45) is 0 Å². The number of carbonyl (C=O) groups is 2. The van der Waals surface area contributed by atoms with Crippen LogP contribution in [0.2, 0.25) is 0 Å². The maximum atomic E-state index is 13.0. The van der Waals surface area contributed by atoms with E-state index in [1.54, 1.807) is 31.7 Å². The van der Waals surface area contributed by atoms with Crippen LogP contribution in [-0.2, 0) is 27.2 Å². The second-order valence-electron chi connectivity index (χ2n) is 9.55. The Morgan fingerprint density at radius 3 is 2.56 bits per heavy atom. The van der Waals surface area contributed by atoms with Crippen molar-refractivity contribution in [3.8, 4) is 0 Å². The van der Waals surface area contributed by atoms with E-state index < -0.39 is 11.6 Å². The maximum absolute atomic E-state index is 13.0. The zero-order chi connectivity index (χ0) is 26.3. The Morgan fingerprint density at radius 2 is 1.92 bits per heavy atom. The zero-order valence-corrected chi connectivity index (χ0v) is 21.6. The number of amides is 1. The molecular weight excluding hydrogens is 460 g/mol. The van der Waals surface area contributed by atoms with Crippen molar-refractivity contribution in [1.29, 1.82) is 0 Å². The predicted molar refractivity (Wildman–Crippen MR) is 140 cm³/mol. The Kier molecular flexibility index (Phi) is 9.06. The molecule has 3 rings (SSSR count). The van der Waals surface area contributed by atoms with Crippen molar-refractivity contribution < 1.29 is 24.2 Å². The third-order valence-corrected chi connectivity index (χ3v) is 5.76. The van der Waals surface area contributed by atoms with Crippen LogP contribution in [0.3, 0.4) is 0 Å². The number of nitrogens with zero attached hydrogens (tertiary/aromatic N) is 2. The molecule has 0 aliphatic carbocycles. The molecule has 3 aromatic rings. The number of ether oxygens (including phenoxy) is 2. The number of esters is 1. The molecule has 0 aliphatic rings. The number of nitrogens with one attached hydrogen (secondary N) is 2. The van der Waals surface area contributed by atoms with E-state index in [9.17, 15) is 14.7 Å². The average Bonchev–Trinajstić information content (AvgIpc) is 3.12. The first-order chi connectivity index (χ1) is 17.1. The Morgan fingerprint density at radius 1 is 1.19 bits per heavy atom. The Hall–Kier alpha value is -3.43. The van der Waals surface area contributed by atoms with Crippen LogP contribution < -0.4 is 10.6 Å². The second kappa shape index (κ2) is 12.0. The minimum Gasteiger partial charge on any atom is -0.464 e. The van der Waals surface area contributed by atoms with Crippen molar-refractivity contribution in [1.82, 2.24) is 9.55 Å².